The van der Waals surface area contributed by atoms with Crippen LogP contribution in [0, 0.1) is 12.8 Å². The first-order valence-electron chi connectivity index (χ1n) is 10.6. The number of likely N-dealkylation sites (tertiary alicyclic amines) is 1. The van der Waals surface area contributed by atoms with Crippen LogP contribution in [0.2, 0.25) is 0 Å². The van der Waals surface area contributed by atoms with Crippen LogP contribution in [0.15, 0.2) is 48.5 Å². The van der Waals surface area contributed by atoms with Gasteiger partial charge in [0.1, 0.15) is 13.1 Å². The van der Waals surface area contributed by atoms with Crippen LogP contribution in [0.25, 0.3) is 11.4 Å². The van der Waals surface area contributed by atoms with Gasteiger partial charge in [-0.05, 0) is 42.5 Å². The lowest BCUT2D eigenvalue weighted by Gasteiger charge is -2.27. The molecule has 0 radical (unpaired) electrons. The molecule has 1 aliphatic heterocycles. The zero-order chi connectivity index (χ0) is 20.9. The van der Waals surface area contributed by atoms with E-state index in [1.807, 2.05) is 43.3 Å². The van der Waals surface area contributed by atoms with Gasteiger partial charge in [0.05, 0.1) is 13.1 Å². The third-order valence-electron chi connectivity index (χ3n) is 5.80. The average Bonchev–Trinajstić information content (AvgIpc) is 3.20. The third kappa shape index (κ3) is 5.10. The molecule has 1 fully saturated rings. The topological polar surface area (TPSA) is 77.1 Å². The van der Waals surface area contributed by atoms with Crippen LogP contribution in [-0.4, -0.2) is 39.2 Å². The molecule has 2 heterocycles. The van der Waals surface area contributed by atoms with Crippen LogP contribution in [0.1, 0.15) is 30.9 Å². The number of aromatic nitrogens is 4. The quantitative estimate of drug-likeness (QED) is 0.659. The fourth-order valence-corrected chi connectivity index (χ4v) is 3.86. The van der Waals surface area contributed by atoms with Gasteiger partial charge in [0, 0.05) is 16.8 Å². The van der Waals surface area contributed by atoms with E-state index < -0.39 is 0 Å². The summed E-state index contributed by atoms with van der Waals surface area (Å²) in [7, 11) is 0. The van der Waals surface area contributed by atoms with Crippen molar-refractivity contribution in [2.75, 3.05) is 18.4 Å². The fourth-order valence-electron chi connectivity index (χ4n) is 3.86. The first kappa shape index (κ1) is 20.2. The summed E-state index contributed by atoms with van der Waals surface area (Å²) in [6.45, 7) is 7.89. The van der Waals surface area contributed by atoms with Crippen LogP contribution in [0.5, 0.6) is 0 Å². The maximum Gasteiger partial charge on any atom is 0.248 e. The Balaban J connectivity index is 1.34. The Bertz CT molecular complexity index is 989. The number of amides is 1. The number of quaternary nitrogens is 1. The second kappa shape index (κ2) is 9.17. The maximum absolute atomic E-state index is 12.3. The molecule has 1 amide bonds. The monoisotopic (exact) mass is 405 g/mol. The number of aryl methyl sites for hydroxylation is 1. The number of hydrogen-bond donors (Lipinski definition) is 2. The molecule has 4 rings (SSSR count). The zero-order valence-electron chi connectivity index (χ0n) is 17.6. The number of nitrogens with one attached hydrogen (secondary N) is 2. The first-order valence-corrected chi connectivity index (χ1v) is 10.6. The zero-order valence-corrected chi connectivity index (χ0v) is 17.6. The highest BCUT2D eigenvalue weighted by Crippen LogP contribution is 2.15. The molecule has 1 aromatic heterocycles. The first-order chi connectivity index (χ1) is 14.6. The summed E-state index contributed by atoms with van der Waals surface area (Å²) in [5.41, 5.74) is 4.04. The molecule has 1 aliphatic rings. The summed E-state index contributed by atoms with van der Waals surface area (Å²) in [5, 5.41) is 15.4. The van der Waals surface area contributed by atoms with Gasteiger partial charge in [-0.25, -0.2) is 0 Å². The van der Waals surface area contributed by atoms with E-state index in [4.69, 9.17) is 0 Å². The Hall–Kier alpha value is -3.06. The number of piperidine rings is 1. The Morgan fingerprint density at radius 1 is 1.13 bits per heavy atom. The third-order valence-corrected chi connectivity index (χ3v) is 5.80. The number of carbonyl (C=O) groups is 1. The minimum Gasteiger partial charge on any atom is -0.331 e. The van der Waals surface area contributed by atoms with Crippen molar-refractivity contribution in [1.29, 1.82) is 0 Å². The van der Waals surface area contributed by atoms with Crippen LogP contribution in [0.4, 0.5) is 5.69 Å². The predicted molar refractivity (Wildman–Crippen MR) is 116 cm³/mol. The van der Waals surface area contributed by atoms with Crippen molar-refractivity contribution < 1.29 is 9.69 Å². The minimum absolute atomic E-state index is 0.0240. The molecule has 30 heavy (non-hydrogen) atoms. The van der Waals surface area contributed by atoms with Crippen molar-refractivity contribution in [3.8, 4) is 11.4 Å². The number of rotatable bonds is 6. The molecule has 2 aromatic carbocycles. The largest absolute Gasteiger partial charge is 0.331 e. The van der Waals surface area contributed by atoms with E-state index in [0.29, 0.717) is 5.82 Å². The van der Waals surface area contributed by atoms with Crippen LogP contribution < -0.4 is 10.2 Å². The highest BCUT2D eigenvalue weighted by atomic mass is 16.2. The predicted octanol–water partition coefficient (Wildman–Crippen LogP) is 2.10. The number of nitrogens with zero attached hydrogens (tertiary/aromatic N) is 4. The maximum atomic E-state index is 12.3. The van der Waals surface area contributed by atoms with E-state index in [1.54, 1.807) is 4.90 Å². The highest BCUT2D eigenvalue weighted by Gasteiger charge is 2.19. The molecule has 156 valence electrons. The van der Waals surface area contributed by atoms with Crippen LogP contribution >= 0.6 is 0 Å². The summed E-state index contributed by atoms with van der Waals surface area (Å²) in [6, 6.07) is 16.0. The van der Waals surface area contributed by atoms with Crippen molar-refractivity contribution in [3.05, 3.63) is 59.7 Å². The molecule has 0 bridgehead atoms. The average molecular weight is 406 g/mol. The van der Waals surface area contributed by atoms with Gasteiger partial charge in [0.15, 0.2) is 0 Å². The van der Waals surface area contributed by atoms with Crippen LogP contribution in [0.3, 0.4) is 0 Å². The van der Waals surface area contributed by atoms with Crippen LogP contribution in [-0.2, 0) is 17.9 Å². The SMILES string of the molecule is Cc1ccccc1NC(=O)Cn1nnc(-c2ccc(C[NH+]3CCC(C)CC3)cc2)n1. The molecule has 0 spiro atoms. The minimum atomic E-state index is -0.178. The molecule has 1 saturated heterocycles. The number of hydrogen-bond acceptors (Lipinski definition) is 4. The molecule has 7 nitrogen and oxygen atoms in total. The van der Waals surface area contributed by atoms with Gasteiger partial charge >= 0.3 is 0 Å². The lowest BCUT2D eigenvalue weighted by atomic mass is 9.99. The Morgan fingerprint density at radius 2 is 1.87 bits per heavy atom. The van der Waals surface area contributed by atoms with Gasteiger partial charge in [-0.2, -0.15) is 4.80 Å². The van der Waals surface area contributed by atoms with Gasteiger partial charge in [-0.1, -0.05) is 49.4 Å². The highest BCUT2D eigenvalue weighted by molar-refractivity contribution is 5.91. The lowest BCUT2D eigenvalue weighted by Crippen LogP contribution is -3.11. The standard InChI is InChI=1S/C23H28N6O/c1-17-11-13-28(14-12-17)15-19-7-9-20(10-8-19)23-25-27-29(26-23)16-22(30)24-21-6-4-3-5-18(21)2/h3-10,17H,11-16H2,1-2H3,(H,24,30)/p+1. The van der Waals surface area contributed by atoms with E-state index >= 15 is 0 Å². The fraction of sp³-hybridized carbons (Fsp3) is 0.391. The summed E-state index contributed by atoms with van der Waals surface area (Å²) >= 11 is 0. The summed E-state index contributed by atoms with van der Waals surface area (Å²) in [5.74, 6) is 1.22. The molecular weight excluding hydrogens is 376 g/mol. The van der Waals surface area contributed by atoms with Gasteiger partial charge in [-0.15, -0.1) is 10.2 Å². The Morgan fingerprint density at radius 3 is 2.60 bits per heavy atom. The number of anilines is 1. The molecule has 0 saturated carbocycles. The second-order valence-corrected chi connectivity index (χ2v) is 8.31. The molecule has 0 atom stereocenters. The molecule has 3 aromatic rings. The van der Waals surface area contributed by atoms with E-state index in [-0.39, 0.29) is 12.5 Å². The molecule has 0 aliphatic carbocycles. The molecule has 0 unspecified atom stereocenters. The summed E-state index contributed by atoms with van der Waals surface area (Å²) in [4.78, 5) is 15.3. The van der Waals surface area contributed by atoms with E-state index in [9.17, 15) is 4.79 Å². The molecular formula is C23H29N6O+. The van der Waals surface area contributed by atoms with Crippen molar-refractivity contribution in [2.24, 2.45) is 5.92 Å². The summed E-state index contributed by atoms with van der Waals surface area (Å²) in [6.07, 6.45) is 2.63. The van der Waals surface area contributed by atoms with E-state index in [1.165, 1.54) is 36.3 Å². The normalized spacial score (nSPS) is 18.9. The van der Waals surface area contributed by atoms with Gasteiger partial charge in [0.2, 0.25) is 11.7 Å². The number of tetrazole rings is 1. The van der Waals surface area contributed by atoms with Gasteiger partial charge in [-0.3, -0.25) is 4.79 Å². The second-order valence-electron chi connectivity index (χ2n) is 8.31. The Kier molecular flexibility index (Phi) is 6.18. The number of para-hydroxylation sites is 1. The van der Waals surface area contributed by atoms with E-state index in [0.717, 1.165) is 29.3 Å². The van der Waals surface area contributed by atoms with Crippen molar-refractivity contribution in [1.82, 2.24) is 20.2 Å². The Labute approximate surface area is 177 Å². The lowest BCUT2D eigenvalue weighted by molar-refractivity contribution is -0.919. The van der Waals surface area contributed by atoms with Crippen molar-refractivity contribution in [3.63, 3.8) is 0 Å². The molecule has 2 N–H and O–H groups in total. The van der Waals surface area contributed by atoms with Crippen molar-refractivity contribution in [2.45, 2.75) is 39.8 Å². The number of carbonyl (C=O) groups excluding carboxylic acids is 1. The van der Waals surface area contributed by atoms with Crippen molar-refractivity contribution >= 4 is 11.6 Å². The van der Waals surface area contributed by atoms with E-state index in [2.05, 4.69) is 39.8 Å². The smallest absolute Gasteiger partial charge is 0.248 e. The molecule has 7 heteroatoms. The van der Waals surface area contributed by atoms with Gasteiger partial charge in [0.25, 0.3) is 0 Å². The summed E-state index contributed by atoms with van der Waals surface area (Å²) < 4.78 is 0. The number of benzene rings is 2. The van der Waals surface area contributed by atoms with Gasteiger partial charge < -0.3 is 10.2 Å².